The first-order valence-electron chi connectivity index (χ1n) is 5.56. The summed E-state index contributed by atoms with van der Waals surface area (Å²) in [4.78, 5) is 12.0. The molecular formula is C13H15N3O2. The Morgan fingerprint density at radius 3 is 2.50 bits per heavy atom. The minimum atomic E-state index is -0.159. The van der Waals surface area contributed by atoms with Crippen LogP contribution >= 0.6 is 0 Å². The molecule has 1 heterocycles. The molecule has 0 saturated heterocycles. The van der Waals surface area contributed by atoms with Gasteiger partial charge < -0.3 is 10.1 Å². The monoisotopic (exact) mass is 245 g/mol. The van der Waals surface area contributed by atoms with Crippen LogP contribution in [-0.2, 0) is 7.05 Å². The van der Waals surface area contributed by atoms with E-state index in [0.717, 1.165) is 17.1 Å². The first-order valence-corrected chi connectivity index (χ1v) is 5.56. The van der Waals surface area contributed by atoms with E-state index in [1.807, 2.05) is 14.0 Å². The van der Waals surface area contributed by atoms with E-state index in [4.69, 9.17) is 4.74 Å². The lowest BCUT2D eigenvalue weighted by molar-refractivity contribution is 0.102. The molecule has 0 unspecified atom stereocenters. The fourth-order valence-corrected chi connectivity index (χ4v) is 1.56. The molecule has 0 aliphatic rings. The molecule has 94 valence electrons. The molecule has 1 amide bonds. The van der Waals surface area contributed by atoms with Crippen molar-refractivity contribution in [2.75, 3.05) is 12.4 Å². The second-order valence-corrected chi connectivity index (χ2v) is 3.95. The molecule has 1 N–H and O–H groups in total. The average molecular weight is 245 g/mol. The SMILES string of the molecule is COc1ccc(C(=O)Nc2cnn(C)c2C)cc1. The molecule has 0 aliphatic carbocycles. The number of nitrogens with one attached hydrogen (secondary N) is 1. The lowest BCUT2D eigenvalue weighted by Gasteiger charge is -2.05. The van der Waals surface area contributed by atoms with Crippen LogP contribution in [0.1, 0.15) is 16.1 Å². The summed E-state index contributed by atoms with van der Waals surface area (Å²) in [5, 5.41) is 6.89. The highest BCUT2D eigenvalue weighted by Crippen LogP contribution is 2.15. The number of rotatable bonds is 3. The highest BCUT2D eigenvalue weighted by Gasteiger charge is 2.10. The van der Waals surface area contributed by atoms with Crippen molar-refractivity contribution in [3.05, 3.63) is 41.7 Å². The summed E-state index contributed by atoms with van der Waals surface area (Å²) < 4.78 is 6.76. The van der Waals surface area contributed by atoms with E-state index in [9.17, 15) is 4.79 Å². The second-order valence-electron chi connectivity index (χ2n) is 3.95. The molecule has 5 nitrogen and oxygen atoms in total. The Hall–Kier alpha value is -2.30. The molecule has 0 radical (unpaired) electrons. The van der Waals surface area contributed by atoms with Gasteiger partial charge in [-0.15, -0.1) is 0 Å². The standard InChI is InChI=1S/C13H15N3O2/c1-9-12(8-14-16(9)2)15-13(17)10-4-6-11(18-3)7-5-10/h4-8H,1-3H3,(H,15,17). The second kappa shape index (κ2) is 4.91. The zero-order valence-corrected chi connectivity index (χ0v) is 10.6. The number of ether oxygens (including phenoxy) is 1. The molecule has 0 fully saturated rings. The van der Waals surface area contributed by atoms with Crippen molar-refractivity contribution in [1.82, 2.24) is 9.78 Å². The maximum absolute atomic E-state index is 12.0. The Labute approximate surface area is 105 Å². The van der Waals surface area contributed by atoms with E-state index >= 15 is 0 Å². The number of hydrogen-bond donors (Lipinski definition) is 1. The number of anilines is 1. The number of benzene rings is 1. The zero-order valence-electron chi connectivity index (χ0n) is 10.6. The number of aryl methyl sites for hydroxylation is 1. The van der Waals surface area contributed by atoms with Gasteiger partial charge in [-0.1, -0.05) is 0 Å². The van der Waals surface area contributed by atoms with E-state index in [0.29, 0.717) is 5.56 Å². The third-order valence-electron chi connectivity index (χ3n) is 2.84. The van der Waals surface area contributed by atoms with Crippen LogP contribution in [0, 0.1) is 6.92 Å². The number of hydrogen-bond acceptors (Lipinski definition) is 3. The van der Waals surface area contributed by atoms with Gasteiger partial charge in [0.25, 0.3) is 5.91 Å². The van der Waals surface area contributed by atoms with Gasteiger partial charge in [0.1, 0.15) is 5.75 Å². The molecule has 0 spiro atoms. The number of methoxy groups -OCH3 is 1. The van der Waals surface area contributed by atoms with Gasteiger partial charge in [-0.3, -0.25) is 9.48 Å². The van der Waals surface area contributed by atoms with E-state index in [-0.39, 0.29) is 5.91 Å². The fraction of sp³-hybridized carbons (Fsp3) is 0.231. The smallest absolute Gasteiger partial charge is 0.255 e. The Morgan fingerprint density at radius 2 is 2.00 bits per heavy atom. The van der Waals surface area contributed by atoms with Crippen LogP contribution in [0.3, 0.4) is 0 Å². The topological polar surface area (TPSA) is 56.1 Å². The molecule has 0 atom stereocenters. The summed E-state index contributed by atoms with van der Waals surface area (Å²) in [6.45, 7) is 1.90. The first-order chi connectivity index (χ1) is 8.61. The Kier molecular flexibility index (Phi) is 3.32. The van der Waals surface area contributed by atoms with E-state index in [1.165, 1.54) is 0 Å². The summed E-state index contributed by atoms with van der Waals surface area (Å²) in [6, 6.07) is 6.95. The minimum Gasteiger partial charge on any atom is -0.497 e. The predicted octanol–water partition coefficient (Wildman–Crippen LogP) is 1.99. The Morgan fingerprint density at radius 1 is 1.33 bits per heavy atom. The van der Waals surface area contributed by atoms with Gasteiger partial charge in [-0.2, -0.15) is 5.10 Å². The number of aromatic nitrogens is 2. The summed E-state index contributed by atoms with van der Waals surface area (Å²) in [5.74, 6) is 0.567. The molecule has 2 rings (SSSR count). The first kappa shape index (κ1) is 12.2. The molecular weight excluding hydrogens is 230 g/mol. The molecule has 2 aromatic rings. The van der Waals surface area contributed by atoms with Crippen LogP contribution < -0.4 is 10.1 Å². The van der Waals surface area contributed by atoms with Crippen LogP contribution in [-0.4, -0.2) is 22.8 Å². The van der Waals surface area contributed by atoms with Crippen molar-refractivity contribution in [1.29, 1.82) is 0 Å². The van der Waals surface area contributed by atoms with Crippen molar-refractivity contribution in [2.24, 2.45) is 7.05 Å². The summed E-state index contributed by atoms with van der Waals surface area (Å²) in [5.41, 5.74) is 2.22. The van der Waals surface area contributed by atoms with Gasteiger partial charge in [-0.05, 0) is 31.2 Å². The van der Waals surface area contributed by atoms with Crippen molar-refractivity contribution < 1.29 is 9.53 Å². The van der Waals surface area contributed by atoms with Crippen LogP contribution in [0.2, 0.25) is 0 Å². The molecule has 18 heavy (non-hydrogen) atoms. The average Bonchev–Trinajstić information content (AvgIpc) is 2.71. The lowest BCUT2D eigenvalue weighted by atomic mass is 10.2. The molecule has 1 aromatic heterocycles. The quantitative estimate of drug-likeness (QED) is 0.899. The summed E-state index contributed by atoms with van der Waals surface area (Å²) >= 11 is 0. The Balaban J connectivity index is 2.14. The van der Waals surface area contributed by atoms with Crippen molar-refractivity contribution in [2.45, 2.75) is 6.92 Å². The van der Waals surface area contributed by atoms with E-state index in [2.05, 4.69) is 10.4 Å². The van der Waals surface area contributed by atoms with Gasteiger partial charge >= 0.3 is 0 Å². The number of nitrogens with zero attached hydrogens (tertiary/aromatic N) is 2. The van der Waals surface area contributed by atoms with Crippen LogP contribution in [0.15, 0.2) is 30.5 Å². The third-order valence-corrected chi connectivity index (χ3v) is 2.84. The van der Waals surface area contributed by atoms with Crippen LogP contribution in [0.25, 0.3) is 0 Å². The highest BCUT2D eigenvalue weighted by atomic mass is 16.5. The van der Waals surface area contributed by atoms with Crippen LogP contribution in [0.4, 0.5) is 5.69 Å². The third kappa shape index (κ3) is 2.34. The van der Waals surface area contributed by atoms with Gasteiger partial charge in [-0.25, -0.2) is 0 Å². The normalized spacial score (nSPS) is 10.2. The van der Waals surface area contributed by atoms with E-state index < -0.39 is 0 Å². The number of carbonyl (C=O) groups is 1. The molecule has 0 saturated carbocycles. The van der Waals surface area contributed by atoms with Crippen molar-refractivity contribution >= 4 is 11.6 Å². The van der Waals surface area contributed by atoms with Gasteiger partial charge in [0, 0.05) is 12.6 Å². The van der Waals surface area contributed by atoms with Crippen molar-refractivity contribution in [3.8, 4) is 5.75 Å². The van der Waals surface area contributed by atoms with Gasteiger partial charge in [0.2, 0.25) is 0 Å². The minimum absolute atomic E-state index is 0.159. The Bertz CT molecular complexity index is 558. The highest BCUT2D eigenvalue weighted by molar-refractivity contribution is 6.04. The number of amides is 1. The van der Waals surface area contributed by atoms with Crippen molar-refractivity contribution in [3.63, 3.8) is 0 Å². The van der Waals surface area contributed by atoms with Gasteiger partial charge in [0.15, 0.2) is 0 Å². The lowest BCUT2D eigenvalue weighted by Crippen LogP contribution is -2.12. The molecule has 0 bridgehead atoms. The zero-order chi connectivity index (χ0) is 13.1. The largest absolute Gasteiger partial charge is 0.497 e. The molecule has 5 heteroatoms. The number of carbonyl (C=O) groups excluding carboxylic acids is 1. The van der Waals surface area contributed by atoms with Crippen LogP contribution in [0.5, 0.6) is 5.75 Å². The summed E-state index contributed by atoms with van der Waals surface area (Å²) in [6.07, 6.45) is 1.64. The van der Waals surface area contributed by atoms with E-state index in [1.54, 1.807) is 42.3 Å². The fourth-order valence-electron chi connectivity index (χ4n) is 1.56. The maximum Gasteiger partial charge on any atom is 0.255 e. The molecule has 1 aromatic carbocycles. The molecule has 0 aliphatic heterocycles. The predicted molar refractivity (Wildman–Crippen MR) is 68.9 cm³/mol. The summed E-state index contributed by atoms with van der Waals surface area (Å²) in [7, 11) is 3.42. The maximum atomic E-state index is 12.0. The van der Waals surface area contributed by atoms with Gasteiger partial charge in [0.05, 0.1) is 24.7 Å².